The van der Waals surface area contributed by atoms with E-state index >= 15 is 0 Å². The van der Waals surface area contributed by atoms with E-state index in [9.17, 15) is 0 Å². The highest BCUT2D eigenvalue weighted by Crippen LogP contribution is 2.34. The van der Waals surface area contributed by atoms with Gasteiger partial charge in [0.2, 0.25) is 0 Å². The van der Waals surface area contributed by atoms with Gasteiger partial charge < -0.3 is 14.2 Å². The molecule has 2 fully saturated rings. The average molecular weight is 306 g/mol. The van der Waals surface area contributed by atoms with Crippen molar-refractivity contribution < 1.29 is 14.2 Å². The number of hydrogen-bond donors (Lipinski definition) is 0. The standard InChI is InChI=1S/C17H26N2O3/c1-12-9-18-15(13(2)16(12)20-4)10-19-6-8-22-17(11-19)5-7-21-14(17)3/h9,14H,5-8,10-11H2,1-4H3/t14-,17+/m1/s1. The minimum atomic E-state index is -0.138. The van der Waals surface area contributed by atoms with E-state index in [-0.39, 0.29) is 11.7 Å². The summed E-state index contributed by atoms with van der Waals surface area (Å²) >= 11 is 0. The Balaban J connectivity index is 1.76. The number of morpholine rings is 1. The van der Waals surface area contributed by atoms with Crippen molar-refractivity contribution in [3.05, 3.63) is 23.0 Å². The Labute approximate surface area is 132 Å². The third kappa shape index (κ3) is 2.73. The number of methoxy groups -OCH3 is 1. The van der Waals surface area contributed by atoms with E-state index in [1.807, 2.05) is 13.1 Å². The summed E-state index contributed by atoms with van der Waals surface area (Å²) in [5.41, 5.74) is 3.17. The Bertz CT molecular complexity index is 549. The van der Waals surface area contributed by atoms with E-state index in [1.165, 1.54) is 0 Å². The molecule has 0 aromatic carbocycles. The Morgan fingerprint density at radius 1 is 1.41 bits per heavy atom. The summed E-state index contributed by atoms with van der Waals surface area (Å²) in [5.74, 6) is 0.950. The molecule has 2 atom stereocenters. The lowest BCUT2D eigenvalue weighted by molar-refractivity contribution is -0.137. The van der Waals surface area contributed by atoms with Crippen LogP contribution >= 0.6 is 0 Å². The van der Waals surface area contributed by atoms with Gasteiger partial charge in [-0.3, -0.25) is 9.88 Å². The van der Waals surface area contributed by atoms with Crippen molar-refractivity contribution in [2.24, 2.45) is 0 Å². The summed E-state index contributed by atoms with van der Waals surface area (Å²) in [4.78, 5) is 7.05. The molecule has 3 heterocycles. The maximum Gasteiger partial charge on any atom is 0.128 e. The van der Waals surface area contributed by atoms with Gasteiger partial charge in [-0.05, 0) is 20.8 Å². The van der Waals surface area contributed by atoms with Gasteiger partial charge in [-0.2, -0.15) is 0 Å². The molecule has 0 aliphatic carbocycles. The Hall–Kier alpha value is -1.17. The fourth-order valence-electron chi connectivity index (χ4n) is 3.62. The first-order valence-corrected chi connectivity index (χ1v) is 8.03. The largest absolute Gasteiger partial charge is 0.496 e. The van der Waals surface area contributed by atoms with Gasteiger partial charge in [-0.15, -0.1) is 0 Å². The van der Waals surface area contributed by atoms with Crippen molar-refractivity contribution in [3.8, 4) is 5.75 Å². The second kappa shape index (κ2) is 6.14. The second-order valence-corrected chi connectivity index (χ2v) is 6.43. The van der Waals surface area contributed by atoms with Gasteiger partial charge in [0.25, 0.3) is 0 Å². The molecule has 22 heavy (non-hydrogen) atoms. The Morgan fingerprint density at radius 3 is 2.91 bits per heavy atom. The second-order valence-electron chi connectivity index (χ2n) is 6.43. The van der Waals surface area contributed by atoms with Crippen molar-refractivity contribution in [3.63, 3.8) is 0 Å². The van der Waals surface area contributed by atoms with Gasteiger partial charge in [0.05, 0.1) is 25.5 Å². The summed E-state index contributed by atoms with van der Waals surface area (Å²) in [5, 5.41) is 0. The Morgan fingerprint density at radius 2 is 2.23 bits per heavy atom. The normalized spacial score (nSPS) is 29.2. The van der Waals surface area contributed by atoms with Crippen LogP contribution in [0.1, 0.15) is 30.2 Å². The molecule has 122 valence electrons. The van der Waals surface area contributed by atoms with Crippen LogP contribution in [0.15, 0.2) is 6.20 Å². The molecule has 1 aromatic heterocycles. The molecule has 0 radical (unpaired) electrons. The van der Waals surface area contributed by atoms with Gasteiger partial charge in [-0.25, -0.2) is 0 Å². The molecule has 2 aliphatic rings. The van der Waals surface area contributed by atoms with Crippen LogP contribution in [0.5, 0.6) is 5.75 Å². The summed E-state index contributed by atoms with van der Waals surface area (Å²) in [6, 6.07) is 0. The van der Waals surface area contributed by atoms with Gasteiger partial charge in [0.1, 0.15) is 11.4 Å². The monoisotopic (exact) mass is 306 g/mol. The lowest BCUT2D eigenvalue weighted by Gasteiger charge is -2.42. The number of ether oxygens (including phenoxy) is 3. The number of rotatable bonds is 3. The molecule has 2 aliphatic heterocycles. The maximum atomic E-state index is 6.09. The fraction of sp³-hybridized carbons (Fsp3) is 0.706. The molecular formula is C17H26N2O3. The lowest BCUT2D eigenvalue weighted by Crippen LogP contribution is -2.55. The van der Waals surface area contributed by atoms with Crippen LogP contribution in [0.25, 0.3) is 0 Å². The molecule has 0 unspecified atom stereocenters. The van der Waals surface area contributed by atoms with Crippen LogP contribution in [0.4, 0.5) is 0 Å². The summed E-state index contributed by atoms with van der Waals surface area (Å²) < 4.78 is 17.3. The molecule has 5 nitrogen and oxygen atoms in total. The number of aromatic nitrogens is 1. The topological polar surface area (TPSA) is 43.8 Å². The van der Waals surface area contributed by atoms with E-state index < -0.39 is 0 Å². The first-order valence-electron chi connectivity index (χ1n) is 8.03. The number of hydrogen-bond acceptors (Lipinski definition) is 5. The number of aryl methyl sites for hydroxylation is 1. The van der Waals surface area contributed by atoms with Crippen LogP contribution in [-0.2, 0) is 16.0 Å². The van der Waals surface area contributed by atoms with Crippen LogP contribution in [0.2, 0.25) is 0 Å². The Kier molecular flexibility index (Phi) is 4.39. The average Bonchev–Trinajstić information content (AvgIpc) is 2.83. The van der Waals surface area contributed by atoms with Crippen LogP contribution in [0, 0.1) is 13.8 Å². The summed E-state index contributed by atoms with van der Waals surface area (Å²) in [6.07, 6.45) is 3.05. The minimum Gasteiger partial charge on any atom is -0.496 e. The van der Waals surface area contributed by atoms with Gasteiger partial charge >= 0.3 is 0 Å². The van der Waals surface area contributed by atoms with Gasteiger partial charge in [0.15, 0.2) is 0 Å². The van der Waals surface area contributed by atoms with Crippen molar-refractivity contribution in [2.45, 2.75) is 45.4 Å². The number of pyridine rings is 1. The quantitative estimate of drug-likeness (QED) is 0.855. The molecule has 1 spiro atoms. The highest BCUT2D eigenvalue weighted by Gasteiger charge is 2.45. The van der Waals surface area contributed by atoms with Gasteiger partial charge in [0, 0.05) is 50.0 Å². The predicted octanol–water partition coefficient (Wildman–Crippen LogP) is 2.09. The molecule has 1 aromatic rings. The minimum absolute atomic E-state index is 0.138. The first kappa shape index (κ1) is 15.7. The zero-order valence-electron chi connectivity index (χ0n) is 14.0. The van der Waals surface area contributed by atoms with E-state index in [0.29, 0.717) is 0 Å². The third-order valence-corrected chi connectivity index (χ3v) is 5.05. The van der Waals surface area contributed by atoms with Crippen LogP contribution < -0.4 is 4.74 Å². The molecule has 3 rings (SSSR count). The van der Waals surface area contributed by atoms with E-state index in [0.717, 1.165) is 61.8 Å². The SMILES string of the molecule is COc1c(C)cnc(CN2CCO[C@@]3(CCO[C@@H]3C)C2)c1C. The molecule has 2 saturated heterocycles. The lowest BCUT2D eigenvalue weighted by atomic mass is 9.94. The summed E-state index contributed by atoms with van der Waals surface area (Å²) in [6.45, 7) is 10.5. The van der Waals surface area contributed by atoms with Crippen LogP contribution in [0.3, 0.4) is 0 Å². The zero-order valence-corrected chi connectivity index (χ0v) is 14.0. The molecule has 0 N–H and O–H groups in total. The zero-order chi connectivity index (χ0) is 15.7. The molecule has 5 heteroatoms. The molecular weight excluding hydrogens is 280 g/mol. The van der Waals surface area contributed by atoms with E-state index in [1.54, 1.807) is 7.11 Å². The first-order chi connectivity index (χ1) is 10.6. The molecule has 0 amide bonds. The highest BCUT2D eigenvalue weighted by molar-refractivity contribution is 5.41. The van der Waals surface area contributed by atoms with E-state index in [4.69, 9.17) is 14.2 Å². The molecule has 0 bridgehead atoms. The predicted molar refractivity (Wildman–Crippen MR) is 84.3 cm³/mol. The van der Waals surface area contributed by atoms with Crippen molar-refractivity contribution in [1.29, 1.82) is 0 Å². The third-order valence-electron chi connectivity index (χ3n) is 5.05. The maximum absolute atomic E-state index is 6.09. The van der Waals surface area contributed by atoms with Crippen molar-refractivity contribution >= 4 is 0 Å². The van der Waals surface area contributed by atoms with Crippen molar-refractivity contribution in [1.82, 2.24) is 9.88 Å². The van der Waals surface area contributed by atoms with Crippen LogP contribution in [-0.4, -0.2) is 55.0 Å². The van der Waals surface area contributed by atoms with E-state index in [2.05, 4.69) is 23.7 Å². The van der Waals surface area contributed by atoms with Gasteiger partial charge in [-0.1, -0.05) is 0 Å². The highest BCUT2D eigenvalue weighted by atomic mass is 16.6. The number of nitrogens with zero attached hydrogens (tertiary/aromatic N) is 2. The molecule has 0 saturated carbocycles. The van der Waals surface area contributed by atoms with Crippen molar-refractivity contribution in [2.75, 3.05) is 33.4 Å². The fourth-order valence-corrected chi connectivity index (χ4v) is 3.62. The summed E-state index contributed by atoms with van der Waals surface area (Å²) in [7, 11) is 1.72. The smallest absolute Gasteiger partial charge is 0.128 e.